The van der Waals surface area contributed by atoms with Crippen molar-refractivity contribution in [3.8, 4) is 22.6 Å². The van der Waals surface area contributed by atoms with Gasteiger partial charge >= 0.3 is 0 Å². The van der Waals surface area contributed by atoms with E-state index in [0.29, 0.717) is 11.9 Å². The van der Waals surface area contributed by atoms with Crippen molar-refractivity contribution in [1.29, 1.82) is 0 Å². The Morgan fingerprint density at radius 3 is 2.61 bits per heavy atom. The Kier molecular flexibility index (Phi) is 7.79. The molecule has 0 unspecified atom stereocenters. The third-order valence-corrected chi connectivity index (χ3v) is 5.59. The SMILES string of the molecule is CCCCCc1cc(O)c(-c2cccc(C)c2)c(OCOC2CCCCC2)c1. The molecule has 28 heavy (non-hydrogen) atoms. The van der Waals surface area contributed by atoms with Crippen LogP contribution in [0.25, 0.3) is 11.1 Å². The predicted octanol–water partition coefficient (Wildman–Crippen LogP) is 6.79. The highest BCUT2D eigenvalue weighted by molar-refractivity contribution is 5.77. The minimum absolute atomic E-state index is 0.237. The smallest absolute Gasteiger partial charge is 0.189 e. The van der Waals surface area contributed by atoms with E-state index in [4.69, 9.17) is 9.47 Å². The predicted molar refractivity (Wildman–Crippen MR) is 115 cm³/mol. The minimum atomic E-state index is 0.237. The molecule has 0 bridgehead atoms. The Labute approximate surface area is 169 Å². The summed E-state index contributed by atoms with van der Waals surface area (Å²) in [7, 11) is 0. The second-order valence-electron chi connectivity index (χ2n) is 8.00. The first-order valence-corrected chi connectivity index (χ1v) is 10.8. The third kappa shape index (κ3) is 5.75. The summed E-state index contributed by atoms with van der Waals surface area (Å²) in [4.78, 5) is 0. The Morgan fingerprint density at radius 2 is 1.86 bits per heavy atom. The van der Waals surface area contributed by atoms with Crippen LogP contribution in [0.4, 0.5) is 0 Å². The lowest BCUT2D eigenvalue weighted by Gasteiger charge is -2.23. The molecule has 0 saturated heterocycles. The number of ether oxygens (including phenoxy) is 2. The summed E-state index contributed by atoms with van der Waals surface area (Å²) in [5.74, 6) is 1.00. The molecule has 0 heterocycles. The topological polar surface area (TPSA) is 38.7 Å². The Morgan fingerprint density at radius 1 is 1.04 bits per heavy atom. The fourth-order valence-corrected chi connectivity index (χ4v) is 4.01. The molecule has 1 aliphatic rings. The summed E-state index contributed by atoms with van der Waals surface area (Å²) in [5, 5.41) is 10.8. The summed E-state index contributed by atoms with van der Waals surface area (Å²) in [6.07, 6.45) is 10.8. The van der Waals surface area contributed by atoms with E-state index in [9.17, 15) is 5.11 Å². The molecule has 1 saturated carbocycles. The summed E-state index contributed by atoms with van der Waals surface area (Å²) in [6, 6.07) is 12.2. The lowest BCUT2D eigenvalue weighted by Crippen LogP contribution is -2.19. The van der Waals surface area contributed by atoms with Crippen molar-refractivity contribution in [2.24, 2.45) is 0 Å². The van der Waals surface area contributed by atoms with Crippen molar-refractivity contribution in [2.75, 3.05) is 6.79 Å². The lowest BCUT2D eigenvalue weighted by molar-refractivity contribution is -0.0495. The molecule has 0 aliphatic heterocycles. The molecule has 1 aliphatic carbocycles. The van der Waals surface area contributed by atoms with Crippen LogP contribution in [-0.4, -0.2) is 18.0 Å². The molecule has 1 fully saturated rings. The van der Waals surface area contributed by atoms with Crippen molar-refractivity contribution in [2.45, 2.75) is 77.7 Å². The second-order valence-corrected chi connectivity index (χ2v) is 8.00. The van der Waals surface area contributed by atoms with Crippen LogP contribution in [0.5, 0.6) is 11.5 Å². The first-order valence-electron chi connectivity index (χ1n) is 10.8. The number of phenols is 1. The van der Waals surface area contributed by atoms with Crippen LogP contribution in [0.15, 0.2) is 36.4 Å². The molecule has 1 N–H and O–H groups in total. The average molecular weight is 383 g/mol. The Hall–Kier alpha value is -2.00. The molecule has 0 atom stereocenters. The van der Waals surface area contributed by atoms with Gasteiger partial charge < -0.3 is 14.6 Å². The van der Waals surface area contributed by atoms with Gasteiger partial charge in [-0.1, -0.05) is 68.9 Å². The number of hydrogen-bond donors (Lipinski definition) is 1. The highest BCUT2D eigenvalue weighted by Gasteiger charge is 2.17. The zero-order chi connectivity index (χ0) is 19.8. The van der Waals surface area contributed by atoms with Crippen LogP contribution in [0.1, 0.15) is 69.4 Å². The van der Waals surface area contributed by atoms with Crippen LogP contribution in [0, 0.1) is 6.92 Å². The van der Waals surface area contributed by atoms with Crippen molar-refractivity contribution in [3.05, 3.63) is 47.5 Å². The van der Waals surface area contributed by atoms with E-state index in [1.54, 1.807) is 0 Å². The average Bonchev–Trinajstić information content (AvgIpc) is 2.69. The largest absolute Gasteiger partial charge is 0.507 e. The fourth-order valence-electron chi connectivity index (χ4n) is 4.01. The van der Waals surface area contributed by atoms with Gasteiger partial charge in [-0.2, -0.15) is 0 Å². The van der Waals surface area contributed by atoms with E-state index in [-0.39, 0.29) is 12.5 Å². The number of aryl methyl sites for hydroxylation is 2. The van der Waals surface area contributed by atoms with Gasteiger partial charge in [0.25, 0.3) is 0 Å². The summed E-state index contributed by atoms with van der Waals surface area (Å²) in [5.41, 5.74) is 4.02. The number of unbranched alkanes of at least 4 members (excludes halogenated alkanes) is 2. The van der Waals surface area contributed by atoms with E-state index in [1.165, 1.54) is 32.1 Å². The molecular weight excluding hydrogens is 348 g/mol. The van der Waals surface area contributed by atoms with Crippen LogP contribution in [0.3, 0.4) is 0 Å². The lowest BCUT2D eigenvalue weighted by atomic mass is 9.97. The van der Waals surface area contributed by atoms with Gasteiger partial charge in [0.05, 0.1) is 11.7 Å². The molecule has 3 nitrogen and oxygen atoms in total. The van der Waals surface area contributed by atoms with Crippen LogP contribution in [0.2, 0.25) is 0 Å². The first-order chi connectivity index (χ1) is 13.7. The van der Waals surface area contributed by atoms with Gasteiger partial charge in [-0.05, 0) is 55.9 Å². The van der Waals surface area contributed by atoms with E-state index in [1.807, 2.05) is 18.2 Å². The zero-order valence-electron chi connectivity index (χ0n) is 17.4. The first kappa shape index (κ1) is 20.7. The van der Waals surface area contributed by atoms with Gasteiger partial charge in [-0.15, -0.1) is 0 Å². The van der Waals surface area contributed by atoms with Crippen LogP contribution < -0.4 is 4.74 Å². The number of hydrogen-bond acceptors (Lipinski definition) is 3. The van der Waals surface area contributed by atoms with Gasteiger partial charge in [0.15, 0.2) is 6.79 Å². The van der Waals surface area contributed by atoms with Crippen LogP contribution >= 0.6 is 0 Å². The molecule has 0 aromatic heterocycles. The van der Waals surface area contributed by atoms with Crippen LogP contribution in [-0.2, 0) is 11.2 Å². The van der Waals surface area contributed by atoms with Crippen molar-refractivity contribution in [3.63, 3.8) is 0 Å². The maximum absolute atomic E-state index is 10.8. The standard InChI is InChI=1S/C25H34O3/c1-3-4-6-11-20-16-23(26)25(21-12-9-10-19(2)15-21)24(17-20)28-18-27-22-13-7-5-8-14-22/h9-10,12,15-17,22,26H,3-8,11,13-14,18H2,1-2H3. The normalized spacial score (nSPS) is 14.9. The number of rotatable bonds is 9. The second kappa shape index (κ2) is 10.5. The molecule has 2 aromatic rings. The molecule has 3 rings (SSSR count). The molecule has 152 valence electrons. The summed E-state index contributed by atoms with van der Waals surface area (Å²) < 4.78 is 12.1. The Bertz CT molecular complexity index is 747. The van der Waals surface area contributed by atoms with Gasteiger partial charge in [-0.3, -0.25) is 0 Å². The summed E-state index contributed by atoms with van der Waals surface area (Å²) >= 11 is 0. The monoisotopic (exact) mass is 382 g/mol. The van der Waals surface area contributed by atoms with E-state index in [0.717, 1.165) is 47.9 Å². The van der Waals surface area contributed by atoms with Gasteiger partial charge in [0.2, 0.25) is 0 Å². The zero-order valence-corrected chi connectivity index (χ0v) is 17.4. The maximum atomic E-state index is 10.8. The molecular formula is C25H34O3. The molecule has 0 amide bonds. The maximum Gasteiger partial charge on any atom is 0.189 e. The number of phenolic OH excluding ortho intramolecular Hbond substituents is 1. The molecule has 2 aromatic carbocycles. The minimum Gasteiger partial charge on any atom is -0.507 e. The Balaban J connectivity index is 1.80. The molecule has 3 heteroatoms. The van der Waals surface area contributed by atoms with Gasteiger partial charge in [-0.25, -0.2) is 0 Å². The third-order valence-electron chi connectivity index (χ3n) is 5.59. The van der Waals surface area contributed by atoms with Crippen molar-refractivity contribution in [1.82, 2.24) is 0 Å². The van der Waals surface area contributed by atoms with Gasteiger partial charge in [0.1, 0.15) is 11.5 Å². The summed E-state index contributed by atoms with van der Waals surface area (Å²) in [6.45, 7) is 4.50. The van der Waals surface area contributed by atoms with Gasteiger partial charge in [0, 0.05) is 0 Å². The highest BCUT2D eigenvalue weighted by Crippen LogP contribution is 2.40. The fraction of sp³-hybridized carbons (Fsp3) is 0.520. The molecule has 0 radical (unpaired) electrons. The number of aromatic hydroxyl groups is 1. The highest BCUT2D eigenvalue weighted by atomic mass is 16.7. The van der Waals surface area contributed by atoms with E-state index in [2.05, 4.69) is 32.0 Å². The quantitative estimate of drug-likeness (QED) is 0.383. The number of benzene rings is 2. The van der Waals surface area contributed by atoms with Crippen molar-refractivity contribution >= 4 is 0 Å². The van der Waals surface area contributed by atoms with E-state index < -0.39 is 0 Å². The van der Waals surface area contributed by atoms with Crippen molar-refractivity contribution < 1.29 is 14.6 Å². The van der Waals surface area contributed by atoms with E-state index >= 15 is 0 Å². The molecule has 0 spiro atoms.